The highest BCUT2D eigenvalue weighted by Gasteiger charge is 2.30. The lowest BCUT2D eigenvalue weighted by Gasteiger charge is -2.12. The van der Waals surface area contributed by atoms with Gasteiger partial charge in [-0.2, -0.15) is 13.2 Å². The summed E-state index contributed by atoms with van der Waals surface area (Å²) in [5.41, 5.74) is 5.81. The molecule has 1 heterocycles. The van der Waals surface area contributed by atoms with Crippen molar-refractivity contribution >= 4 is 17.1 Å². The average Bonchev–Trinajstić information content (AvgIpc) is 2.41. The molecular formula is C13H12F3N3O. The summed E-state index contributed by atoms with van der Waals surface area (Å²) < 4.78 is 42.4. The van der Waals surface area contributed by atoms with E-state index in [9.17, 15) is 13.2 Å². The predicted molar refractivity (Wildman–Crippen MR) is 69.9 cm³/mol. The number of nitrogens with two attached hydrogens (primary N) is 1. The zero-order chi connectivity index (χ0) is 14.8. The summed E-state index contributed by atoms with van der Waals surface area (Å²) in [5.74, 6) is 0.441. The first-order valence-corrected chi connectivity index (χ1v) is 5.64. The monoisotopic (exact) mass is 283 g/mol. The second-order valence-corrected chi connectivity index (χ2v) is 4.01. The largest absolute Gasteiger partial charge is 0.481 e. The van der Waals surface area contributed by atoms with Gasteiger partial charge in [-0.15, -0.1) is 0 Å². The molecule has 0 unspecified atom stereocenters. The van der Waals surface area contributed by atoms with Gasteiger partial charge in [-0.25, -0.2) is 4.98 Å². The van der Waals surface area contributed by atoms with E-state index in [-0.39, 0.29) is 5.69 Å². The number of benzene rings is 1. The van der Waals surface area contributed by atoms with E-state index in [1.807, 2.05) is 0 Å². The maximum Gasteiger partial charge on any atom is 0.416 e. The summed E-state index contributed by atoms with van der Waals surface area (Å²) in [5, 5.41) is 2.89. The minimum Gasteiger partial charge on any atom is -0.481 e. The van der Waals surface area contributed by atoms with E-state index in [2.05, 4.69) is 10.3 Å². The van der Waals surface area contributed by atoms with Crippen LogP contribution in [0.25, 0.3) is 0 Å². The Kier molecular flexibility index (Phi) is 3.69. The molecule has 3 N–H and O–H groups in total. The molecule has 0 radical (unpaired) electrons. The van der Waals surface area contributed by atoms with Crippen LogP contribution in [0.15, 0.2) is 36.5 Å². The first-order valence-electron chi connectivity index (χ1n) is 5.64. The fraction of sp³-hybridized carbons (Fsp3) is 0.154. The third-order valence-corrected chi connectivity index (χ3v) is 2.60. The van der Waals surface area contributed by atoms with Crippen molar-refractivity contribution in [3.63, 3.8) is 0 Å². The maximum absolute atomic E-state index is 12.5. The second-order valence-electron chi connectivity index (χ2n) is 4.01. The molecule has 0 atom stereocenters. The molecule has 0 spiro atoms. The Morgan fingerprint density at radius 1 is 1.20 bits per heavy atom. The van der Waals surface area contributed by atoms with Crippen molar-refractivity contribution in [3.8, 4) is 5.88 Å². The molecule has 1 aromatic heterocycles. The number of ether oxygens (including phenoxy) is 1. The van der Waals surface area contributed by atoms with Crippen molar-refractivity contribution in [2.75, 3.05) is 18.2 Å². The highest BCUT2D eigenvalue weighted by Crippen LogP contribution is 2.33. The minimum absolute atomic E-state index is 0.00985. The van der Waals surface area contributed by atoms with Crippen molar-refractivity contribution < 1.29 is 17.9 Å². The van der Waals surface area contributed by atoms with Crippen LogP contribution in [0.5, 0.6) is 5.88 Å². The predicted octanol–water partition coefficient (Wildman–Crippen LogP) is 3.43. The summed E-state index contributed by atoms with van der Waals surface area (Å²) in [7, 11) is 1.49. The van der Waals surface area contributed by atoms with E-state index < -0.39 is 11.7 Å². The molecule has 0 saturated heterocycles. The Balaban J connectivity index is 2.21. The number of hydrogen-bond acceptors (Lipinski definition) is 4. The van der Waals surface area contributed by atoms with Crippen LogP contribution >= 0.6 is 0 Å². The number of anilines is 3. The molecule has 0 amide bonds. The number of halogens is 3. The average molecular weight is 283 g/mol. The standard InChI is InChI=1S/C13H12F3N3O/c1-20-12-5-3-9(7-18-12)19-11-4-2-8(6-10(11)17)13(14,15)16/h2-7,19H,17H2,1H3. The molecule has 0 bridgehead atoms. The first kappa shape index (κ1) is 14.0. The van der Waals surface area contributed by atoms with Gasteiger partial charge in [0.15, 0.2) is 0 Å². The number of nitrogens with zero attached hydrogens (tertiary/aromatic N) is 1. The zero-order valence-corrected chi connectivity index (χ0v) is 10.5. The van der Waals surface area contributed by atoms with Gasteiger partial charge in [0.1, 0.15) is 0 Å². The second kappa shape index (κ2) is 5.28. The Hall–Kier alpha value is -2.44. The number of rotatable bonds is 3. The lowest BCUT2D eigenvalue weighted by molar-refractivity contribution is -0.137. The summed E-state index contributed by atoms with van der Waals surface area (Å²) in [6, 6.07) is 6.45. The molecule has 0 aliphatic rings. The molecular weight excluding hydrogens is 271 g/mol. The number of nitrogens with one attached hydrogen (secondary N) is 1. The Labute approximate surface area is 113 Å². The fourth-order valence-electron chi connectivity index (χ4n) is 1.58. The summed E-state index contributed by atoms with van der Waals surface area (Å²) in [6.07, 6.45) is -2.91. The van der Waals surface area contributed by atoms with Crippen LogP contribution in [0.1, 0.15) is 5.56 Å². The van der Waals surface area contributed by atoms with Gasteiger partial charge in [0.05, 0.1) is 35.9 Å². The Morgan fingerprint density at radius 2 is 1.95 bits per heavy atom. The molecule has 2 rings (SSSR count). The summed E-state index contributed by atoms with van der Waals surface area (Å²) in [4.78, 5) is 3.97. The molecule has 2 aromatic rings. The van der Waals surface area contributed by atoms with Crippen molar-refractivity contribution in [1.29, 1.82) is 0 Å². The van der Waals surface area contributed by atoms with Gasteiger partial charge in [0, 0.05) is 6.07 Å². The van der Waals surface area contributed by atoms with Gasteiger partial charge >= 0.3 is 6.18 Å². The van der Waals surface area contributed by atoms with E-state index in [0.717, 1.165) is 12.1 Å². The topological polar surface area (TPSA) is 60.2 Å². The highest BCUT2D eigenvalue weighted by molar-refractivity contribution is 5.73. The number of pyridine rings is 1. The third kappa shape index (κ3) is 3.11. The number of alkyl halides is 3. The van der Waals surface area contributed by atoms with E-state index in [4.69, 9.17) is 10.5 Å². The van der Waals surface area contributed by atoms with Crippen LogP contribution in [0.3, 0.4) is 0 Å². The molecule has 4 nitrogen and oxygen atoms in total. The fourth-order valence-corrected chi connectivity index (χ4v) is 1.58. The quantitative estimate of drug-likeness (QED) is 0.847. The van der Waals surface area contributed by atoms with Gasteiger partial charge in [-0.05, 0) is 24.3 Å². The lowest BCUT2D eigenvalue weighted by atomic mass is 10.1. The van der Waals surface area contributed by atoms with Gasteiger partial charge < -0.3 is 15.8 Å². The van der Waals surface area contributed by atoms with Gasteiger partial charge in [0.25, 0.3) is 0 Å². The summed E-state index contributed by atoms with van der Waals surface area (Å²) >= 11 is 0. The van der Waals surface area contributed by atoms with Crippen molar-refractivity contribution in [1.82, 2.24) is 4.98 Å². The normalized spacial score (nSPS) is 11.2. The van der Waals surface area contributed by atoms with Crippen LogP contribution in [0.2, 0.25) is 0 Å². The molecule has 7 heteroatoms. The third-order valence-electron chi connectivity index (χ3n) is 2.60. The van der Waals surface area contributed by atoms with Crippen LogP contribution in [-0.2, 0) is 6.18 Å². The molecule has 106 valence electrons. The van der Waals surface area contributed by atoms with Gasteiger partial charge in [-0.1, -0.05) is 0 Å². The molecule has 0 aliphatic heterocycles. The molecule has 20 heavy (non-hydrogen) atoms. The first-order chi connectivity index (χ1) is 9.40. The van der Waals surface area contributed by atoms with Crippen LogP contribution in [0.4, 0.5) is 30.2 Å². The van der Waals surface area contributed by atoms with Gasteiger partial charge in [-0.3, -0.25) is 0 Å². The molecule has 0 aliphatic carbocycles. The van der Waals surface area contributed by atoms with Crippen molar-refractivity contribution in [3.05, 3.63) is 42.1 Å². The minimum atomic E-state index is -4.41. The SMILES string of the molecule is COc1ccc(Nc2ccc(C(F)(F)F)cc2N)cn1. The highest BCUT2D eigenvalue weighted by atomic mass is 19.4. The van der Waals surface area contributed by atoms with Crippen LogP contribution < -0.4 is 15.8 Å². The Morgan fingerprint density at radius 3 is 2.45 bits per heavy atom. The number of hydrogen-bond donors (Lipinski definition) is 2. The smallest absolute Gasteiger partial charge is 0.416 e. The van der Waals surface area contributed by atoms with Gasteiger partial charge in [0.2, 0.25) is 5.88 Å². The number of aromatic nitrogens is 1. The van der Waals surface area contributed by atoms with Crippen molar-refractivity contribution in [2.24, 2.45) is 0 Å². The van der Waals surface area contributed by atoms with Crippen LogP contribution in [-0.4, -0.2) is 12.1 Å². The Bertz CT molecular complexity index is 597. The molecule has 0 fully saturated rings. The molecule has 1 aromatic carbocycles. The summed E-state index contributed by atoms with van der Waals surface area (Å²) in [6.45, 7) is 0. The van der Waals surface area contributed by atoms with E-state index in [0.29, 0.717) is 17.3 Å². The maximum atomic E-state index is 12.5. The van der Waals surface area contributed by atoms with E-state index >= 15 is 0 Å². The van der Waals surface area contributed by atoms with Crippen molar-refractivity contribution in [2.45, 2.75) is 6.18 Å². The van der Waals surface area contributed by atoms with E-state index in [1.165, 1.54) is 19.4 Å². The zero-order valence-electron chi connectivity index (χ0n) is 10.5. The lowest BCUT2D eigenvalue weighted by Crippen LogP contribution is -2.06. The number of nitrogen functional groups attached to an aromatic ring is 1. The van der Waals surface area contributed by atoms with Crippen LogP contribution in [0, 0.1) is 0 Å². The number of methoxy groups -OCH3 is 1. The van der Waals surface area contributed by atoms with E-state index in [1.54, 1.807) is 12.1 Å². The molecule has 0 saturated carbocycles.